The molecule has 0 amide bonds. The van der Waals surface area contributed by atoms with Crippen molar-refractivity contribution in [3.8, 4) is 0 Å². The van der Waals surface area contributed by atoms with Gasteiger partial charge in [-0.1, -0.05) is 36.8 Å². The maximum atomic E-state index is 12.3. The number of nitrogens with one attached hydrogen (secondary N) is 1. The molecule has 0 saturated carbocycles. The normalized spacial score (nSPS) is 21.3. The first-order chi connectivity index (χ1) is 12.0. The van der Waals surface area contributed by atoms with Crippen LogP contribution in [-0.2, 0) is 6.54 Å². The molecule has 1 saturated heterocycles. The van der Waals surface area contributed by atoms with Gasteiger partial charge in [0, 0.05) is 38.8 Å². The molecule has 0 spiro atoms. The molecule has 25 heavy (non-hydrogen) atoms. The summed E-state index contributed by atoms with van der Waals surface area (Å²) in [5.74, 6) is 1.51. The highest BCUT2D eigenvalue weighted by Gasteiger charge is 2.32. The van der Waals surface area contributed by atoms with Crippen LogP contribution < -0.4 is 5.56 Å². The van der Waals surface area contributed by atoms with Crippen molar-refractivity contribution in [3.63, 3.8) is 0 Å². The summed E-state index contributed by atoms with van der Waals surface area (Å²) >= 11 is 0. The Bertz CT molecular complexity index is 840. The van der Waals surface area contributed by atoms with Gasteiger partial charge in [0.1, 0.15) is 5.82 Å². The van der Waals surface area contributed by atoms with Crippen LogP contribution in [0.4, 0.5) is 0 Å². The van der Waals surface area contributed by atoms with E-state index in [2.05, 4.69) is 58.0 Å². The molecule has 2 atom stereocenters. The number of likely N-dealkylation sites (tertiary alicyclic amines) is 1. The molecule has 1 aromatic carbocycles. The molecule has 1 aliphatic rings. The number of hydrogen-bond donors (Lipinski definition) is 1. The van der Waals surface area contributed by atoms with Gasteiger partial charge in [-0.3, -0.25) is 14.7 Å². The first-order valence-electron chi connectivity index (χ1n) is 8.78. The van der Waals surface area contributed by atoms with Crippen LogP contribution >= 0.6 is 0 Å². The number of nitrogens with zero attached hydrogens (tertiary/aromatic N) is 3. The van der Waals surface area contributed by atoms with Gasteiger partial charge >= 0.3 is 0 Å². The van der Waals surface area contributed by atoms with Crippen molar-refractivity contribution >= 4 is 6.21 Å². The van der Waals surface area contributed by atoms with Crippen LogP contribution in [0, 0.1) is 19.8 Å². The van der Waals surface area contributed by atoms with Crippen molar-refractivity contribution in [2.75, 3.05) is 20.1 Å². The Hall–Kier alpha value is -2.27. The number of H-pyrrole nitrogens is 1. The minimum absolute atomic E-state index is 0.0996. The lowest BCUT2D eigenvalue weighted by Crippen LogP contribution is -2.23. The monoisotopic (exact) mass is 338 g/mol. The van der Waals surface area contributed by atoms with Crippen LogP contribution in [0.2, 0.25) is 0 Å². The minimum atomic E-state index is -0.0996. The largest absolute Gasteiger partial charge is 0.310 e. The van der Waals surface area contributed by atoms with Crippen molar-refractivity contribution < 1.29 is 0 Å². The molecule has 3 rings (SSSR count). The lowest BCUT2D eigenvalue weighted by molar-refractivity contribution is 0.318. The van der Waals surface area contributed by atoms with Gasteiger partial charge in [0.15, 0.2) is 0 Å². The van der Waals surface area contributed by atoms with E-state index in [1.54, 1.807) is 13.3 Å². The number of benzene rings is 1. The highest BCUT2D eigenvalue weighted by molar-refractivity contribution is 5.80. The number of aromatic amines is 1. The van der Waals surface area contributed by atoms with Gasteiger partial charge in [-0.25, -0.2) is 4.98 Å². The third kappa shape index (κ3) is 3.87. The Kier molecular flexibility index (Phi) is 5.13. The molecular formula is C20H26N4O. The molecule has 1 N–H and O–H groups in total. The summed E-state index contributed by atoms with van der Waals surface area (Å²) < 4.78 is 0. The zero-order chi connectivity index (χ0) is 18.0. The lowest BCUT2D eigenvalue weighted by Gasteiger charge is -2.16. The maximum absolute atomic E-state index is 12.3. The fourth-order valence-electron chi connectivity index (χ4n) is 3.69. The van der Waals surface area contributed by atoms with E-state index in [9.17, 15) is 4.79 Å². The van der Waals surface area contributed by atoms with Gasteiger partial charge in [-0.2, -0.15) is 0 Å². The van der Waals surface area contributed by atoms with Gasteiger partial charge in [0.25, 0.3) is 5.56 Å². The van der Waals surface area contributed by atoms with Crippen molar-refractivity contribution in [2.24, 2.45) is 10.9 Å². The molecule has 1 unspecified atom stereocenters. The zero-order valence-electron chi connectivity index (χ0n) is 15.4. The van der Waals surface area contributed by atoms with Crippen LogP contribution in [0.15, 0.2) is 34.1 Å². The fraction of sp³-hybridized carbons (Fsp3) is 0.450. The molecule has 5 nitrogen and oxygen atoms in total. The molecule has 1 aliphatic heterocycles. The number of hydrogen-bond acceptors (Lipinski definition) is 4. The first kappa shape index (κ1) is 17.5. The van der Waals surface area contributed by atoms with Gasteiger partial charge in [0.05, 0.1) is 11.3 Å². The van der Waals surface area contributed by atoms with Gasteiger partial charge in [-0.15, -0.1) is 0 Å². The van der Waals surface area contributed by atoms with Crippen molar-refractivity contribution in [1.82, 2.24) is 14.9 Å². The number of aryl methyl sites for hydroxylation is 2. The molecule has 0 bridgehead atoms. The van der Waals surface area contributed by atoms with Crippen LogP contribution in [0.3, 0.4) is 0 Å². The van der Waals surface area contributed by atoms with Gasteiger partial charge in [0.2, 0.25) is 0 Å². The Balaban J connectivity index is 1.79. The predicted octanol–water partition coefficient (Wildman–Crippen LogP) is 2.67. The first-order valence-corrected chi connectivity index (χ1v) is 8.78. The van der Waals surface area contributed by atoms with Crippen LogP contribution in [0.25, 0.3) is 0 Å². The molecule has 1 fully saturated rings. The minimum Gasteiger partial charge on any atom is -0.310 e. The Morgan fingerprint density at radius 1 is 1.36 bits per heavy atom. The molecule has 2 heterocycles. The molecule has 5 heteroatoms. The average molecular weight is 338 g/mol. The highest BCUT2D eigenvalue weighted by atomic mass is 16.1. The van der Waals surface area contributed by atoms with E-state index in [0.717, 1.165) is 31.2 Å². The van der Waals surface area contributed by atoms with E-state index in [-0.39, 0.29) is 11.5 Å². The predicted molar refractivity (Wildman–Crippen MR) is 101 cm³/mol. The molecule has 0 radical (unpaired) electrons. The zero-order valence-corrected chi connectivity index (χ0v) is 15.4. The smallest absolute Gasteiger partial charge is 0.259 e. The van der Waals surface area contributed by atoms with Crippen molar-refractivity contribution in [3.05, 3.63) is 62.8 Å². The van der Waals surface area contributed by atoms with Crippen LogP contribution in [-0.4, -0.2) is 41.2 Å². The standard InChI is InChI=1S/C20H26N4O/c1-13-6-5-7-16(8-13)11-24-10-14(2)18(12-24)19-22-15(3)17(9-21-4)20(25)23-19/h5-9,14,18H,10-12H2,1-4H3,(H,22,23,25)/t14?,18-/m1/s1. The van der Waals surface area contributed by atoms with Crippen LogP contribution in [0.5, 0.6) is 0 Å². The summed E-state index contributed by atoms with van der Waals surface area (Å²) in [6.45, 7) is 9.10. The Labute approximate surface area is 148 Å². The number of aliphatic imine (C=N–C) groups is 1. The quantitative estimate of drug-likeness (QED) is 0.872. The molecule has 0 aliphatic carbocycles. The molecule has 132 valence electrons. The van der Waals surface area contributed by atoms with E-state index in [4.69, 9.17) is 0 Å². The molecular weight excluding hydrogens is 312 g/mol. The third-order valence-corrected chi connectivity index (χ3v) is 4.95. The average Bonchev–Trinajstić information content (AvgIpc) is 2.91. The molecule has 2 aromatic rings. The van der Waals surface area contributed by atoms with E-state index in [1.807, 2.05) is 6.92 Å². The second kappa shape index (κ2) is 7.31. The Morgan fingerprint density at radius 3 is 2.84 bits per heavy atom. The summed E-state index contributed by atoms with van der Waals surface area (Å²) in [6, 6.07) is 8.64. The van der Waals surface area contributed by atoms with E-state index < -0.39 is 0 Å². The summed E-state index contributed by atoms with van der Waals surface area (Å²) in [7, 11) is 1.66. The van der Waals surface area contributed by atoms with Crippen LogP contribution in [0.1, 0.15) is 41.1 Å². The van der Waals surface area contributed by atoms with Crippen molar-refractivity contribution in [2.45, 2.75) is 33.2 Å². The summed E-state index contributed by atoms with van der Waals surface area (Å²) in [6.07, 6.45) is 1.58. The second-order valence-corrected chi connectivity index (χ2v) is 7.10. The number of rotatable bonds is 4. The molecule has 1 aromatic heterocycles. The highest BCUT2D eigenvalue weighted by Crippen LogP contribution is 2.31. The van der Waals surface area contributed by atoms with Crippen molar-refractivity contribution in [1.29, 1.82) is 0 Å². The fourth-order valence-corrected chi connectivity index (χ4v) is 3.69. The SMILES string of the molecule is CN=Cc1c(C)nc([C@@H]2CN(Cc3cccc(C)c3)CC2C)[nH]c1=O. The van der Waals surface area contributed by atoms with E-state index in [1.165, 1.54) is 11.1 Å². The second-order valence-electron chi connectivity index (χ2n) is 7.10. The van der Waals surface area contributed by atoms with E-state index in [0.29, 0.717) is 11.5 Å². The maximum Gasteiger partial charge on any atom is 0.259 e. The van der Waals surface area contributed by atoms with E-state index >= 15 is 0 Å². The summed E-state index contributed by atoms with van der Waals surface area (Å²) in [5.41, 5.74) is 3.82. The topological polar surface area (TPSA) is 61.4 Å². The lowest BCUT2D eigenvalue weighted by atomic mass is 9.97. The Morgan fingerprint density at radius 2 is 2.16 bits per heavy atom. The van der Waals surface area contributed by atoms with Gasteiger partial charge in [-0.05, 0) is 25.3 Å². The van der Waals surface area contributed by atoms with Gasteiger partial charge < -0.3 is 4.98 Å². The summed E-state index contributed by atoms with van der Waals surface area (Å²) in [5, 5.41) is 0. The number of aromatic nitrogens is 2. The third-order valence-electron chi connectivity index (χ3n) is 4.95. The summed E-state index contributed by atoms with van der Waals surface area (Å²) in [4.78, 5) is 26.4.